The summed E-state index contributed by atoms with van der Waals surface area (Å²) < 4.78 is 5.76. The van der Waals surface area contributed by atoms with E-state index in [2.05, 4.69) is 22.0 Å². The molecule has 0 aliphatic rings. The van der Waals surface area contributed by atoms with Crippen molar-refractivity contribution in [2.45, 2.75) is 13.3 Å². The zero-order valence-corrected chi connectivity index (χ0v) is 11.5. The molecule has 0 bridgehead atoms. The molecule has 0 saturated heterocycles. The largest absolute Gasteiger partial charge is 0.493 e. The Kier molecular flexibility index (Phi) is 4.41. The van der Waals surface area contributed by atoms with Gasteiger partial charge >= 0.3 is 0 Å². The number of thiophene rings is 1. The second-order valence-corrected chi connectivity index (χ2v) is 4.98. The third-order valence-corrected chi connectivity index (χ3v) is 3.55. The zero-order chi connectivity index (χ0) is 13.7. The predicted octanol–water partition coefficient (Wildman–Crippen LogP) is 2.77. The van der Waals surface area contributed by atoms with Crippen LogP contribution in [-0.4, -0.2) is 17.6 Å². The first kappa shape index (κ1) is 13.4. The highest BCUT2D eigenvalue weighted by Crippen LogP contribution is 2.20. The van der Waals surface area contributed by atoms with Crippen LogP contribution in [0.1, 0.15) is 16.7 Å². The lowest BCUT2D eigenvalue weighted by atomic mass is 10.1. The molecule has 3 N–H and O–H groups in total. The first-order valence-corrected chi connectivity index (χ1v) is 6.87. The fourth-order valence-electron chi connectivity index (χ4n) is 1.69. The summed E-state index contributed by atoms with van der Waals surface area (Å²) in [6.45, 7) is 2.58. The van der Waals surface area contributed by atoms with Gasteiger partial charge < -0.3 is 15.7 Å². The first-order chi connectivity index (χ1) is 9.20. The van der Waals surface area contributed by atoms with Crippen LogP contribution in [-0.2, 0) is 6.42 Å². The van der Waals surface area contributed by atoms with Crippen molar-refractivity contribution in [2.75, 3.05) is 6.61 Å². The van der Waals surface area contributed by atoms with Crippen LogP contribution in [0.2, 0.25) is 0 Å². The average Bonchev–Trinajstić information content (AvgIpc) is 2.93. The smallest absolute Gasteiger partial charge is 0.170 e. The third kappa shape index (κ3) is 3.48. The van der Waals surface area contributed by atoms with Crippen molar-refractivity contribution in [3.63, 3.8) is 0 Å². The van der Waals surface area contributed by atoms with Crippen LogP contribution in [0.25, 0.3) is 0 Å². The minimum atomic E-state index is 0.0858. The molecule has 1 aromatic heterocycles. The van der Waals surface area contributed by atoms with E-state index in [1.165, 1.54) is 5.56 Å². The molecule has 0 unspecified atom stereocenters. The molecule has 19 heavy (non-hydrogen) atoms. The Labute approximate surface area is 116 Å². The first-order valence-electron chi connectivity index (χ1n) is 5.93. The molecule has 1 aromatic carbocycles. The summed E-state index contributed by atoms with van der Waals surface area (Å²) in [7, 11) is 0. The lowest BCUT2D eigenvalue weighted by Crippen LogP contribution is -2.13. The summed E-state index contributed by atoms with van der Waals surface area (Å²) >= 11 is 1.68. The number of rotatable bonds is 5. The molecule has 0 aliphatic heterocycles. The van der Waals surface area contributed by atoms with E-state index in [0.29, 0.717) is 12.2 Å². The van der Waals surface area contributed by atoms with Gasteiger partial charge in [0, 0.05) is 12.0 Å². The van der Waals surface area contributed by atoms with Crippen molar-refractivity contribution in [1.29, 1.82) is 0 Å². The molecule has 5 heteroatoms. The lowest BCUT2D eigenvalue weighted by molar-refractivity contribution is 0.317. The minimum Gasteiger partial charge on any atom is -0.493 e. The number of hydrogen-bond donors (Lipinski definition) is 2. The lowest BCUT2D eigenvalue weighted by Gasteiger charge is -2.10. The number of nitrogens with two attached hydrogens (primary N) is 1. The molecule has 100 valence electrons. The number of aryl methyl sites for hydroxylation is 1. The Morgan fingerprint density at radius 2 is 2.26 bits per heavy atom. The molecular formula is C14H16N2O2S. The van der Waals surface area contributed by atoms with E-state index in [0.717, 1.165) is 17.7 Å². The third-order valence-electron chi connectivity index (χ3n) is 2.82. The molecule has 0 atom stereocenters. The summed E-state index contributed by atoms with van der Waals surface area (Å²) in [6, 6.07) is 7.58. The normalized spacial score (nSPS) is 11.5. The number of hydrogen-bond acceptors (Lipinski definition) is 4. The molecule has 4 nitrogen and oxygen atoms in total. The molecule has 2 rings (SSSR count). The van der Waals surface area contributed by atoms with E-state index in [9.17, 15) is 0 Å². The highest BCUT2D eigenvalue weighted by atomic mass is 32.1. The van der Waals surface area contributed by atoms with Gasteiger partial charge in [-0.05, 0) is 40.9 Å². The van der Waals surface area contributed by atoms with E-state index >= 15 is 0 Å². The van der Waals surface area contributed by atoms with E-state index in [-0.39, 0.29) is 5.84 Å². The molecule has 2 aromatic rings. The van der Waals surface area contributed by atoms with Crippen LogP contribution in [0.15, 0.2) is 40.2 Å². The quantitative estimate of drug-likeness (QED) is 0.382. The van der Waals surface area contributed by atoms with Crippen LogP contribution in [0.4, 0.5) is 0 Å². The van der Waals surface area contributed by atoms with Crippen LogP contribution in [0.5, 0.6) is 5.75 Å². The van der Waals surface area contributed by atoms with Gasteiger partial charge in [-0.3, -0.25) is 0 Å². The van der Waals surface area contributed by atoms with E-state index < -0.39 is 0 Å². The van der Waals surface area contributed by atoms with Gasteiger partial charge in [-0.25, -0.2) is 0 Å². The molecule has 0 amide bonds. The fourth-order valence-corrected chi connectivity index (χ4v) is 2.39. The van der Waals surface area contributed by atoms with Crippen LogP contribution in [0.3, 0.4) is 0 Å². The summed E-state index contributed by atoms with van der Waals surface area (Å²) in [6.07, 6.45) is 0.872. The summed E-state index contributed by atoms with van der Waals surface area (Å²) in [5.41, 5.74) is 8.52. The predicted molar refractivity (Wildman–Crippen MR) is 77.2 cm³/mol. The van der Waals surface area contributed by atoms with Crippen molar-refractivity contribution in [2.24, 2.45) is 10.9 Å². The SMILES string of the molecule is Cc1ccc(/C(N)=N/O)cc1OCCc1ccsc1. The average molecular weight is 276 g/mol. The fraction of sp³-hybridized carbons (Fsp3) is 0.214. The zero-order valence-electron chi connectivity index (χ0n) is 10.7. The second kappa shape index (κ2) is 6.24. The number of oxime groups is 1. The monoisotopic (exact) mass is 276 g/mol. The Hall–Kier alpha value is -2.01. The molecule has 0 aliphatic carbocycles. The summed E-state index contributed by atoms with van der Waals surface area (Å²) in [5, 5.41) is 15.8. The summed E-state index contributed by atoms with van der Waals surface area (Å²) in [5.74, 6) is 0.849. The van der Waals surface area contributed by atoms with Crippen molar-refractivity contribution in [3.05, 3.63) is 51.7 Å². The summed E-state index contributed by atoms with van der Waals surface area (Å²) in [4.78, 5) is 0. The number of amidine groups is 1. The maximum atomic E-state index is 8.67. The highest BCUT2D eigenvalue weighted by molar-refractivity contribution is 7.07. The van der Waals surface area contributed by atoms with Gasteiger partial charge in [0.25, 0.3) is 0 Å². The van der Waals surface area contributed by atoms with E-state index in [4.69, 9.17) is 15.7 Å². The Balaban J connectivity index is 2.02. The van der Waals surface area contributed by atoms with Gasteiger partial charge in [0.1, 0.15) is 5.75 Å². The topological polar surface area (TPSA) is 67.8 Å². The van der Waals surface area contributed by atoms with Crippen LogP contribution < -0.4 is 10.5 Å². The van der Waals surface area contributed by atoms with Crippen molar-refractivity contribution in [1.82, 2.24) is 0 Å². The molecule has 0 spiro atoms. The van der Waals surface area contributed by atoms with E-state index in [1.807, 2.05) is 13.0 Å². The van der Waals surface area contributed by atoms with Crippen LogP contribution >= 0.6 is 11.3 Å². The van der Waals surface area contributed by atoms with Gasteiger partial charge in [0.15, 0.2) is 5.84 Å². The minimum absolute atomic E-state index is 0.0858. The van der Waals surface area contributed by atoms with Gasteiger partial charge in [-0.1, -0.05) is 17.3 Å². The Morgan fingerprint density at radius 1 is 1.42 bits per heavy atom. The molecular weight excluding hydrogens is 260 g/mol. The van der Waals surface area contributed by atoms with Gasteiger partial charge in [-0.15, -0.1) is 0 Å². The van der Waals surface area contributed by atoms with Gasteiger partial charge in [-0.2, -0.15) is 11.3 Å². The maximum absolute atomic E-state index is 8.67. The van der Waals surface area contributed by atoms with Gasteiger partial charge in [0.2, 0.25) is 0 Å². The van der Waals surface area contributed by atoms with Gasteiger partial charge in [0.05, 0.1) is 6.61 Å². The standard InChI is InChI=1S/C14H16N2O2S/c1-10-2-3-12(14(15)16-17)8-13(10)18-6-4-11-5-7-19-9-11/h2-3,5,7-9,17H,4,6H2,1H3,(H2,15,16). The van der Waals surface area contributed by atoms with Crippen LogP contribution in [0, 0.1) is 6.92 Å². The maximum Gasteiger partial charge on any atom is 0.170 e. The Bertz CT molecular complexity index is 565. The molecule has 0 radical (unpaired) electrons. The second-order valence-electron chi connectivity index (χ2n) is 4.20. The van der Waals surface area contributed by atoms with Crippen molar-refractivity contribution < 1.29 is 9.94 Å². The molecule has 0 saturated carbocycles. The molecule has 0 fully saturated rings. The Morgan fingerprint density at radius 3 is 2.95 bits per heavy atom. The number of nitrogens with zero attached hydrogens (tertiary/aromatic N) is 1. The van der Waals surface area contributed by atoms with Crippen molar-refractivity contribution in [3.8, 4) is 5.75 Å². The number of ether oxygens (including phenoxy) is 1. The number of benzene rings is 1. The highest BCUT2D eigenvalue weighted by Gasteiger charge is 2.05. The van der Waals surface area contributed by atoms with Crippen molar-refractivity contribution >= 4 is 17.2 Å². The molecule has 1 heterocycles. The van der Waals surface area contributed by atoms with E-state index in [1.54, 1.807) is 23.5 Å².